The molecule has 0 aliphatic heterocycles. The molecule has 0 aromatic heterocycles. The molecule has 0 aromatic rings. The molecule has 0 bridgehead atoms. The summed E-state index contributed by atoms with van der Waals surface area (Å²) in [6, 6.07) is 0. The molecule has 0 spiro atoms. The fraction of sp³-hybridized carbons (Fsp3) is 0.870. The summed E-state index contributed by atoms with van der Waals surface area (Å²) in [7, 11) is 0. The largest absolute Gasteiger partial charge is 0.462 e. The van der Waals surface area contributed by atoms with E-state index >= 15 is 0 Å². The monoisotopic (exact) mass is 352 g/mol. The molecule has 0 aliphatic rings. The molecule has 25 heavy (non-hydrogen) atoms. The predicted molar refractivity (Wildman–Crippen MR) is 110 cm³/mol. The maximum absolute atomic E-state index is 11.8. The van der Waals surface area contributed by atoms with Crippen LogP contribution < -0.4 is 0 Å². The van der Waals surface area contributed by atoms with E-state index in [1.807, 2.05) is 0 Å². The molecule has 0 amide bonds. The highest BCUT2D eigenvalue weighted by molar-refractivity contribution is 5.87. The topological polar surface area (TPSA) is 26.3 Å². The Balaban J connectivity index is 3.34. The van der Waals surface area contributed by atoms with Crippen LogP contribution in [0.3, 0.4) is 0 Å². The Kier molecular flexibility index (Phi) is 18.9. The second kappa shape index (κ2) is 19.5. The Morgan fingerprint density at radius 2 is 1.04 bits per heavy atom. The average molecular weight is 353 g/mol. The van der Waals surface area contributed by atoms with Gasteiger partial charge in [0.05, 0.1) is 6.61 Å². The lowest BCUT2D eigenvalue weighted by molar-refractivity contribution is -0.139. The van der Waals surface area contributed by atoms with E-state index in [0.29, 0.717) is 12.2 Å². The van der Waals surface area contributed by atoms with Crippen molar-refractivity contribution in [3.05, 3.63) is 12.2 Å². The SMILES string of the molecule is C=C(CCCCCCCCCCCC)C(=O)OCCCCCCCC. The fourth-order valence-electron chi connectivity index (χ4n) is 3.08. The molecule has 2 heteroatoms. The van der Waals surface area contributed by atoms with Gasteiger partial charge in [0, 0.05) is 5.57 Å². The Hall–Kier alpha value is -0.790. The summed E-state index contributed by atoms with van der Waals surface area (Å²) in [5, 5.41) is 0. The van der Waals surface area contributed by atoms with Gasteiger partial charge in [-0.05, 0) is 19.3 Å². The van der Waals surface area contributed by atoms with Crippen molar-refractivity contribution in [3.8, 4) is 0 Å². The van der Waals surface area contributed by atoms with E-state index in [0.717, 1.165) is 25.7 Å². The minimum atomic E-state index is -0.176. The number of ether oxygens (including phenoxy) is 1. The number of rotatable bonds is 19. The van der Waals surface area contributed by atoms with Crippen molar-refractivity contribution in [1.29, 1.82) is 0 Å². The minimum absolute atomic E-state index is 0.176. The van der Waals surface area contributed by atoms with Gasteiger partial charge < -0.3 is 4.74 Å². The van der Waals surface area contributed by atoms with Gasteiger partial charge >= 0.3 is 5.97 Å². The highest BCUT2D eigenvalue weighted by atomic mass is 16.5. The summed E-state index contributed by atoms with van der Waals surface area (Å²) in [6.45, 7) is 8.94. The van der Waals surface area contributed by atoms with Crippen LogP contribution in [0.1, 0.15) is 123 Å². The van der Waals surface area contributed by atoms with Crippen LogP contribution in [-0.4, -0.2) is 12.6 Å². The van der Waals surface area contributed by atoms with E-state index in [4.69, 9.17) is 4.74 Å². The zero-order valence-electron chi connectivity index (χ0n) is 17.3. The van der Waals surface area contributed by atoms with Gasteiger partial charge in [0.2, 0.25) is 0 Å². The third-order valence-electron chi connectivity index (χ3n) is 4.85. The molecule has 0 N–H and O–H groups in total. The van der Waals surface area contributed by atoms with Crippen LogP contribution in [-0.2, 0) is 9.53 Å². The maximum Gasteiger partial charge on any atom is 0.333 e. The smallest absolute Gasteiger partial charge is 0.333 e. The van der Waals surface area contributed by atoms with E-state index < -0.39 is 0 Å². The molecule has 0 radical (unpaired) electrons. The number of carbonyl (C=O) groups is 1. The van der Waals surface area contributed by atoms with E-state index in [1.54, 1.807) is 0 Å². The first-order chi connectivity index (χ1) is 12.2. The Labute approximate surface area is 157 Å². The molecule has 0 aromatic carbocycles. The van der Waals surface area contributed by atoms with Gasteiger partial charge in [0.15, 0.2) is 0 Å². The number of unbranched alkanes of at least 4 members (excludes halogenated alkanes) is 14. The number of esters is 1. The molecule has 0 heterocycles. The van der Waals surface area contributed by atoms with Crippen molar-refractivity contribution >= 4 is 5.97 Å². The van der Waals surface area contributed by atoms with E-state index in [9.17, 15) is 4.79 Å². The van der Waals surface area contributed by atoms with Gasteiger partial charge in [-0.1, -0.05) is 110 Å². The zero-order valence-corrected chi connectivity index (χ0v) is 17.3. The summed E-state index contributed by atoms with van der Waals surface area (Å²) < 4.78 is 5.31. The number of hydrogen-bond donors (Lipinski definition) is 0. The third kappa shape index (κ3) is 17.8. The molecule has 0 fully saturated rings. The van der Waals surface area contributed by atoms with Crippen LogP contribution >= 0.6 is 0 Å². The van der Waals surface area contributed by atoms with Crippen LogP contribution in [0.25, 0.3) is 0 Å². The van der Waals surface area contributed by atoms with E-state index in [-0.39, 0.29) is 5.97 Å². The van der Waals surface area contributed by atoms with Crippen molar-refractivity contribution in [3.63, 3.8) is 0 Å². The van der Waals surface area contributed by atoms with Gasteiger partial charge in [-0.3, -0.25) is 0 Å². The second-order valence-corrected chi connectivity index (χ2v) is 7.44. The normalized spacial score (nSPS) is 10.8. The van der Waals surface area contributed by atoms with Crippen LogP contribution in [0.15, 0.2) is 12.2 Å². The summed E-state index contributed by atoms with van der Waals surface area (Å²) in [4.78, 5) is 11.8. The first-order valence-corrected chi connectivity index (χ1v) is 11.1. The number of hydrogen-bond acceptors (Lipinski definition) is 2. The summed E-state index contributed by atoms with van der Waals surface area (Å²) >= 11 is 0. The molecule has 0 aliphatic carbocycles. The van der Waals surface area contributed by atoms with Crippen molar-refractivity contribution in [1.82, 2.24) is 0 Å². The summed E-state index contributed by atoms with van der Waals surface area (Å²) in [5.74, 6) is -0.176. The second-order valence-electron chi connectivity index (χ2n) is 7.44. The van der Waals surface area contributed by atoms with Crippen LogP contribution in [0.2, 0.25) is 0 Å². The first-order valence-electron chi connectivity index (χ1n) is 11.1. The minimum Gasteiger partial charge on any atom is -0.462 e. The quantitative estimate of drug-likeness (QED) is 0.135. The highest BCUT2D eigenvalue weighted by Crippen LogP contribution is 2.14. The average Bonchev–Trinajstić information content (AvgIpc) is 2.62. The van der Waals surface area contributed by atoms with Gasteiger partial charge in [-0.15, -0.1) is 0 Å². The lowest BCUT2D eigenvalue weighted by Gasteiger charge is -2.07. The van der Waals surface area contributed by atoms with Crippen LogP contribution in [0.4, 0.5) is 0 Å². The molecule has 2 nitrogen and oxygen atoms in total. The lowest BCUT2D eigenvalue weighted by atomic mass is 10.0. The van der Waals surface area contributed by atoms with Crippen molar-refractivity contribution in [2.75, 3.05) is 6.61 Å². The Bertz CT molecular complexity index is 309. The Morgan fingerprint density at radius 1 is 0.640 bits per heavy atom. The van der Waals surface area contributed by atoms with Crippen molar-refractivity contribution in [2.24, 2.45) is 0 Å². The third-order valence-corrected chi connectivity index (χ3v) is 4.85. The molecule has 0 atom stereocenters. The van der Waals surface area contributed by atoms with Crippen molar-refractivity contribution in [2.45, 2.75) is 123 Å². The fourth-order valence-corrected chi connectivity index (χ4v) is 3.08. The first kappa shape index (κ1) is 24.2. The molecule has 0 unspecified atom stereocenters. The zero-order chi connectivity index (χ0) is 18.6. The van der Waals surface area contributed by atoms with E-state index in [2.05, 4.69) is 20.4 Å². The highest BCUT2D eigenvalue weighted by Gasteiger charge is 2.07. The van der Waals surface area contributed by atoms with Crippen molar-refractivity contribution < 1.29 is 9.53 Å². The lowest BCUT2D eigenvalue weighted by Crippen LogP contribution is -2.08. The standard InChI is InChI=1S/C23H44O2/c1-4-6-8-10-12-13-14-15-16-18-20-22(3)23(24)25-21-19-17-11-9-7-5-2/h3-21H2,1-2H3. The summed E-state index contributed by atoms with van der Waals surface area (Å²) in [5.41, 5.74) is 0.658. The Morgan fingerprint density at radius 3 is 1.52 bits per heavy atom. The van der Waals surface area contributed by atoms with Crippen LogP contribution in [0.5, 0.6) is 0 Å². The molecule has 0 saturated heterocycles. The van der Waals surface area contributed by atoms with Gasteiger partial charge in [-0.2, -0.15) is 0 Å². The maximum atomic E-state index is 11.8. The van der Waals surface area contributed by atoms with Gasteiger partial charge in [-0.25, -0.2) is 4.79 Å². The van der Waals surface area contributed by atoms with Crippen LogP contribution in [0, 0.1) is 0 Å². The predicted octanol–water partition coefficient (Wildman–Crippen LogP) is 7.76. The molecular weight excluding hydrogens is 308 g/mol. The summed E-state index contributed by atoms with van der Waals surface area (Å²) in [6.07, 6.45) is 21.3. The molecule has 148 valence electrons. The van der Waals surface area contributed by atoms with E-state index in [1.165, 1.54) is 83.5 Å². The molecule has 0 rings (SSSR count). The van der Waals surface area contributed by atoms with Gasteiger partial charge in [0.25, 0.3) is 0 Å². The van der Waals surface area contributed by atoms with Gasteiger partial charge in [0.1, 0.15) is 0 Å². The molecular formula is C23H44O2. The molecule has 0 saturated carbocycles. The number of carbonyl (C=O) groups excluding carboxylic acids is 1.